The smallest absolute Gasteiger partial charge is 0.301 e. The van der Waals surface area contributed by atoms with Crippen LogP contribution in [0.15, 0.2) is 24.3 Å². The van der Waals surface area contributed by atoms with Crippen LogP contribution in [0.25, 0.3) is 0 Å². The Morgan fingerprint density at radius 2 is 2.25 bits per heavy atom. The van der Waals surface area contributed by atoms with Crippen molar-refractivity contribution >= 4 is 18.2 Å². The molecule has 0 spiro atoms. The molecule has 20 heavy (non-hydrogen) atoms. The van der Waals surface area contributed by atoms with Crippen LogP contribution >= 0.6 is 18.2 Å². The summed E-state index contributed by atoms with van der Waals surface area (Å²) >= 11 is 1.06. The van der Waals surface area contributed by atoms with Gasteiger partial charge in [0.25, 0.3) is 0 Å². The highest BCUT2D eigenvalue weighted by Gasteiger charge is 2.30. The lowest BCUT2D eigenvalue weighted by Crippen LogP contribution is -2.02. The Balaban J connectivity index is 2.89. The number of nitriles is 1. The van der Waals surface area contributed by atoms with Gasteiger partial charge in [-0.3, -0.25) is 4.52 Å². The molecule has 0 aliphatic heterocycles. The third-order valence-electron chi connectivity index (χ3n) is 2.24. The molecule has 0 radical (unpaired) electrons. The lowest BCUT2D eigenvalue weighted by Gasteiger charge is -2.19. The molecule has 4 nitrogen and oxygen atoms in total. The van der Waals surface area contributed by atoms with Crippen molar-refractivity contribution in [3.05, 3.63) is 35.6 Å². The van der Waals surface area contributed by atoms with E-state index in [1.807, 2.05) is 13.0 Å². The Labute approximate surface area is 122 Å². The fraction of sp³-hybridized carbons (Fsp3) is 0.462. The standard InChI is InChI=1S/C13H17FNO3PS/c1-3-8-20-19(16,17-4-2)18-13(10-15)11-6-5-7-12(14)9-11/h5-7,9,13H,3-4,8H2,1-2H3. The maximum Gasteiger partial charge on any atom is 0.390 e. The van der Waals surface area contributed by atoms with E-state index in [0.29, 0.717) is 11.3 Å². The largest absolute Gasteiger partial charge is 0.390 e. The van der Waals surface area contributed by atoms with E-state index in [0.717, 1.165) is 17.8 Å². The second-order valence-corrected chi connectivity index (χ2v) is 8.01. The predicted octanol–water partition coefficient (Wildman–Crippen LogP) is 4.69. The zero-order chi connectivity index (χ0) is 15.0. The Hall–Kier alpha value is -0.860. The molecule has 110 valence electrons. The van der Waals surface area contributed by atoms with E-state index in [4.69, 9.17) is 14.3 Å². The molecular formula is C13H17FNO3PS. The van der Waals surface area contributed by atoms with Gasteiger partial charge in [0.2, 0.25) is 0 Å². The molecule has 0 aromatic heterocycles. The van der Waals surface area contributed by atoms with Crippen molar-refractivity contribution in [2.45, 2.75) is 26.4 Å². The summed E-state index contributed by atoms with van der Waals surface area (Å²) in [5.41, 5.74) is 0.324. The van der Waals surface area contributed by atoms with Gasteiger partial charge in [0.15, 0.2) is 6.10 Å². The fourth-order valence-corrected chi connectivity index (χ4v) is 4.96. The van der Waals surface area contributed by atoms with Gasteiger partial charge in [-0.1, -0.05) is 19.1 Å². The fourth-order valence-electron chi connectivity index (χ4n) is 1.42. The van der Waals surface area contributed by atoms with E-state index < -0.39 is 18.7 Å². The molecule has 1 rings (SSSR count). The minimum atomic E-state index is -3.42. The summed E-state index contributed by atoms with van der Waals surface area (Å²) in [5.74, 6) is 0.122. The average Bonchev–Trinajstić information content (AvgIpc) is 2.43. The Morgan fingerprint density at radius 3 is 2.80 bits per heavy atom. The maximum atomic E-state index is 13.2. The van der Waals surface area contributed by atoms with Crippen LogP contribution in [0, 0.1) is 17.1 Å². The van der Waals surface area contributed by atoms with Gasteiger partial charge < -0.3 is 4.52 Å². The van der Waals surface area contributed by atoms with Gasteiger partial charge in [-0.25, -0.2) is 8.96 Å². The molecule has 0 fully saturated rings. The summed E-state index contributed by atoms with van der Waals surface area (Å²) in [6.45, 7) is 0.443. The number of benzene rings is 1. The summed E-state index contributed by atoms with van der Waals surface area (Å²) < 4.78 is 36.2. The molecule has 7 heteroatoms. The number of halogens is 1. The van der Waals surface area contributed by atoms with Crippen LogP contribution < -0.4 is 0 Å². The van der Waals surface area contributed by atoms with E-state index in [-0.39, 0.29) is 6.61 Å². The number of hydrogen-bond donors (Lipinski definition) is 0. The second-order valence-electron chi connectivity index (χ2n) is 3.87. The molecule has 2 unspecified atom stereocenters. The lowest BCUT2D eigenvalue weighted by molar-refractivity contribution is 0.198. The second kappa shape index (κ2) is 8.43. The molecule has 0 bridgehead atoms. The topological polar surface area (TPSA) is 59.3 Å². The molecule has 2 atom stereocenters. The first-order valence-electron chi connectivity index (χ1n) is 6.27. The maximum absolute atomic E-state index is 13.2. The van der Waals surface area contributed by atoms with Crippen LogP contribution in [0.4, 0.5) is 4.39 Å². The molecule has 1 aromatic carbocycles. The zero-order valence-corrected chi connectivity index (χ0v) is 13.1. The number of hydrogen-bond acceptors (Lipinski definition) is 5. The van der Waals surface area contributed by atoms with Gasteiger partial charge in [-0.2, -0.15) is 5.26 Å². The number of rotatable bonds is 8. The summed E-state index contributed by atoms with van der Waals surface area (Å²) in [4.78, 5) is 0. The van der Waals surface area contributed by atoms with Crippen molar-refractivity contribution in [2.24, 2.45) is 0 Å². The molecule has 0 amide bonds. The van der Waals surface area contributed by atoms with Crippen LogP contribution in [-0.2, 0) is 13.6 Å². The first-order chi connectivity index (χ1) is 9.54. The van der Waals surface area contributed by atoms with Gasteiger partial charge >= 0.3 is 6.80 Å². The predicted molar refractivity (Wildman–Crippen MR) is 77.8 cm³/mol. The van der Waals surface area contributed by atoms with Crippen LogP contribution in [0.5, 0.6) is 0 Å². The highest BCUT2D eigenvalue weighted by atomic mass is 32.7. The van der Waals surface area contributed by atoms with E-state index in [2.05, 4.69) is 0 Å². The Bertz CT molecular complexity index is 521. The molecule has 1 aromatic rings. The summed E-state index contributed by atoms with van der Waals surface area (Å²) in [6, 6.07) is 7.37. The minimum Gasteiger partial charge on any atom is -0.301 e. The Morgan fingerprint density at radius 1 is 1.50 bits per heavy atom. The SMILES string of the molecule is CCCSP(=O)(OCC)OC(C#N)c1cccc(F)c1. The Kier molecular flexibility index (Phi) is 7.25. The third-order valence-corrected chi connectivity index (χ3v) is 6.27. The molecule has 0 saturated carbocycles. The van der Waals surface area contributed by atoms with Gasteiger partial charge in [0, 0.05) is 5.75 Å². The molecule has 0 N–H and O–H groups in total. The van der Waals surface area contributed by atoms with E-state index in [9.17, 15) is 8.96 Å². The molecular weight excluding hydrogens is 300 g/mol. The van der Waals surface area contributed by atoms with E-state index in [1.165, 1.54) is 18.2 Å². The quantitative estimate of drug-likeness (QED) is 0.651. The first kappa shape index (κ1) is 17.2. The van der Waals surface area contributed by atoms with E-state index >= 15 is 0 Å². The third kappa shape index (κ3) is 5.26. The van der Waals surface area contributed by atoms with Crippen LogP contribution in [0.2, 0.25) is 0 Å². The minimum absolute atomic E-state index is 0.218. The normalized spacial score (nSPS) is 15.3. The molecule has 0 saturated heterocycles. The van der Waals surface area contributed by atoms with Crippen molar-refractivity contribution < 1.29 is 18.0 Å². The van der Waals surface area contributed by atoms with Crippen molar-refractivity contribution in [1.29, 1.82) is 5.26 Å². The lowest BCUT2D eigenvalue weighted by atomic mass is 10.1. The summed E-state index contributed by atoms with van der Waals surface area (Å²) in [7, 11) is 0. The highest BCUT2D eigenvalue weighted by Crippen LogP contribution is 2.63. The summed E-state index contributed by atoms with van der Waals surface area (Å²) in [5, 5.41) is 9.14. The van der Waals surface area contributed by atoms with Gasteiger partial charge in [-0.15, -0.1) is 0 Å². The molecule has 0 aliphatic rings. The highest BCUT2D eigenvalue weighted by molar-refractivity contribution is 8.55. The van der Waals surface area contributed by atoms with Crippen LogP contribution in [0.1, 0.15) is 31.9 Å². The average molecular weight is 317 g/mol. The van der Waals surface area contributed by atoms with Gasteiger partial charge in [0.05, 0.1) is 12.7 Å². The molecule has 0 heterocycles. The monoisotopic (exact) mass is 317 g/mol. The van der Waals surface area contributed by atoms with Crippen molar-refractivity contribution in [3.8, 4) is 6.07 Å². The van der Waals surface area contributed by atoms with Gasteiger partial charge in [-0.05, 0) is 42.4 Å². The van der Waals surface area contributed by atoms with Crippen molar-refractivity contribution in [2.75, 3.05) is 12.4 Å². The van der Waals surface area contributed by atoms with Crippen molar-refractivity contribution in [1.82, 2.24) is 0 Å². The van der Waals surface area contributed by atoms with Crippen molar-refractivity contribution in [3.63, 3.8) is 0 Å². The van der Waals surface area contributed by atoms with Crippen LogP contribution in [-0.4, -0.2) is 12.4 Å². The summed E-state index contributed by atoms with van der Waals surface area (Å²) in [6.07, 6.45) is -0.310. The molecule has 0 aliphatic carbocycles. The van der Waals surface area contributed by atoms with Gasteiger partial charge in [0.1, 0.15) is 5.82 Å². The zero-order valence-electron chi connectivity index (χ0n) is 11.4. The first-order valence-corrected chi connectivity index (χ1v) is 9.40. The van der Waals surface area contributed by atoms with Crippen LogP contribution in [0.3, 0.4) is 0 Å². The van der Waals surface area contributed by atoms with E-state index in [1.54, 1.807) is 13.0 Å². The number of nitrogens with zero attached hydrogens (tertiary/aromatic N) is 1.